The Bertz CT molecular complexity index is 995. The van der Waals surface area contributed by atoms with Gasteiger partial charge in [-0.15, -0.1) is 4.40 Å². The summed E-state index contributed by atoms with van der Waals surface area (Å²) in [5, 5.41) is 3.75. The molecule has 2 aromatic rings. The van der Waals surface area contributed by atoms with Gasteiger partial charge in [0.1, 0.15) is 10.9 Å². The number of carbonyl (C=O) groups excluding carboxylic acids is 1. The minimum Gasteiger partial charge on any atom is -0.456 e. The fourth-order valence-corrected chi connectivity index (χ4v) is 4.50. The van der Waals surface area contributed by atoms with E-state index < -0.39 is 22.0 Å². The fourth-order valence-electron chi connectivity index (χ4n) is 3.28. The second-order valence-corrected chi connectivity index (χ2v) is 7.85. The van der Waals surface area contributed by atoms with Crippen LogP contribution in [-0.2, 0) is 26.2 Å². The number of hydrogen-bond donors (Lipinski definition) is 0. The Kier molecular flexibility index (Phi) is 4.03. The van der Waals surface area contributed by atoms with Crippen LogP contribution < -0.4 is 0 Å². The monoisotopic (exact) mass is 375 g/mol. The van der Waals surface area contributed by atoms with E-state index in [-0.39, 0.29) is 11.5 Å². The smallest absolute Gasteiger partial charge is 0.329 e. The summed E-state index contributed by atoms with van der Waals surface area (Å²) < 4.78 is 38.8. The average Bonchev–Trinajstić information content (AvgIpc) is 3.31. The molecule has 4 rings (SSSR count). The van der Waals surface area contributed by atoms with E-state index in [0.29, 0.717) is 35.8 Å². The van der Waals surface area contributed by atoms with Gasteiger partial charge in [-0.25, -0.2) is 4.79 Å². The summed E-state index contributed by atoms with van der Waals surface area (Å²) in [5.74, 6) is 0.350. The highest BCUT2D eigenvalue weighted by Gasteiger charge is 2.39. The summed E-state index contributed by atoms with van der Waals surface area (Å²) >= 11 is 0. The predicted octanol–water partition coefficient (Wildman–Crippen LogP) is 1.64. The van der Waals surface area contributed by atoms with E-state index in [9.17, 15) is 13.2 Å². The van der Waals surface area contributed by atoms with Gasteiger partial charge in [-0.1, -0.05) is 17.3 Å². The van der Waals surface area contributed by atoms with Gasteiger partial charge in [0.25, 0.3) is 10.0 Å². The Labute approximate surface area is 150 Å². The highest BCUT2D eigenvalue weighted by Crippen LogP contribution is 2.31. The third kappa shape index (κ3) is 2.88. The highest BCUT2D eigenvalue weighted by molar-refractivity contribution is 7.90. The molecule has 2 aliphatic rings. The molecule has 9 heteroatoms. The maximum Gasteiger partial charge on any atom is 0.329 e. The molecule has 0 bridgehead atoms. The van der Waals surface area contributed by atoms with Crippen molar-refractivity contribution >= 4 is 21.8 Å². The molecule has 1 fully saturated rings. The number of fused-ring (bicyclic) bond motifs is 1. The summed E-state index contributed by atoms with van der Waals surface area (Å²) in [5.41, 5.74) is 1.23. The summed E-state index contributed by atoms with van der Waals surface area (Å²) in [6, 6.07) is 7.77. The predicted molar refractivity (Wildman–Crippen MR) is 90.9 cm³/mol. The first-order valence-corrected chi connectivity index (χ1v) is 9.69. The van der Waals surface area contributed by atoms with Gasteiger partial charge < -0.3 is 14.2 Å². The number of amidine groups is 1. The molecule has 0 radical (unpaired) electrons. The SMILES string of the molecule is Cc1cc(COC(=O)C2CCCN2C2=NS(=O)(=O)c3ccccc32)on1. The fraction of sp³-hybridized carbons (Fsp3) is 0.353. The van der Waals surface area contributed by atoms with E-state index in [2.05, 4.69) is 9.55 Å². The van der Waals surface area contributed by atoms with Crippen LogP contribution in [0.2, 0.25) is 0 Å². The first-order valence-electron chi connectivity index (χ1n) is 8.25. The highest BCUT2D eigenvalue weighted by atomic mass is 32.2. The summed E-state index contributed by atoms with van der Waals surface area (Å²) in [4.78, 5) is 14.4. The van der Waals surface area contributed by atoms with Crippen molar-refractivity contribution in [2.24, 2.45) is 4.40 Å². The summed E-state index contributed by atoms with van der Waals surface area (Å²) in [7, 11) is -3.72. The average molecular weight is 375 g/mol. The largest absolute Gasteiger partial charge is 0.456 e. The Hall–Kier alpha value is -2.68. The van der Waals surface area contributed by atoms with Gasteiger partial charge in [-0.2, -0.15) is 8.42 Å². The van der Waals surface area contributed by atoms with Crippen LogP contribution in [0.25, 0.3) is 0 Å². The van der Waals surface area contributed by atoms with Crippen molar-refractivity contribution in [3.8, 4) is 0 Å². The number of ether oxygens (including phenoxy) is 1. The van der Waals surface area contributed by atoms with Crippen LogP contribution >= 0.6 is 0 Å². The van der Waals surface area contributed by atoms with E-state index in [0.717, 1.165) is 6.42 Å². The van der Waals surface area contributed by atoms with Crippen LogP contribution in [0.5, 0.6) is 0 Å². The Morgan fingerprint density at radius 1 is 1.38 bits per heavy atom. The van der Waals surface area contributed by atoms with E-state index in [1.807, 2.05) is 0 Å². The molecule has 0 aliphatic carbocycles. The molecular formula is C17H17N3O5S. The van der Waals surface area contributed by atoms with E-state index >= 15 is 0 Å². The van der Waals surface area contributed by atoms with Crippen molar-refractivity contribution < 1.29 is 22.5 Å². The zero-order valence-corrected chi connectivity index (χ0v) is 14.9. The molecule has 136 valence electrons. The molecule has 8 nitrogen and oxygen atoms in total. The number of esters is 1. The van der Waals surface area contributed by atoms with Gasteiger partial charge in [-0.3, -0.25) is 0 Å². The maximum absolute atomic E-state index is 12.5. The molecule has 1 aromatic carbocycles. The van der Waals surface area contributed by atoms with Gasteiger partial charge >= 0.3 is 5.97 Å². The zero-order valence-electron chi connectivity index (χ0n) is 14.1. The van der Waals surface area contributed by atoms with Gasteiger partial charge in [0.2, 0.25) is 0 Å². The summed E-state index contributed by atoms with van der Waals surface area (Å²) in [6.45, 7) is 2.32. The lowest BCUT2D eigenvalue weighted by Gasteiger charge is -2.24. The topological polar surface area (TPSA) is 102 Å². The summed E-state index contributed by atoms with van der Waals surface area (Å²) in [6.07, 6.45) is 1.33. The quantitative estimate of drug-likeness (QED) is 0.752. The van der Waals surface area contributed by atoms with Crippen LogP contribution in [0.4, 0.5) is 0 Å². The van der Waals surface area contributed by atoms with Gasteiger partial charge in [0.05, 0.1) is 5.69 Å². The molecule has 3 heterocycles. The zero-order chi connectivity index (χ0) is 18.3. The van der Waals surface area contributed by atoms with E-state index in [4.69, 9.17) is 9.26 Å². The van der Waals surface area contributed by atoms with Gasteiger partial charge in [-0.05, 0) is 31.9 Å². The van der Waals surface area contributed by atoms with Crippen LogP contribution in [0.1, 0.15) is 29.9 Å². The molecule has 26 heavy (non-hydrogen) atoms. The van der Waals surface area contributed by atoms with Crippen molar-refractivity contribution in [2.75, 3.05) is 6.54 Å². The second-order valence-electron chi connectivity index (χ2n) is 6.28. The van der Waals surface area contributed by atoms with Crippen molar-refractivity contribution in [1.82, 2.24) is 10.1 Å². The van der Waals surface area contributed by atoms with E-state index in [1.54, 1.807) is 36.1 Å². The van der Waals surface area contributed by atoms with Crippen molar-refractivity contribution in [3.63, 3.8) is 0 Å². The number of carbonyl (C=O) groups is 1. The number of benzene rings is 1. The number of likely N-dealkylation sites (tertiary alicyclic amines) is 1. The molecular weight excluding hydrogens is 358 g/mol. The van der Waals surface area contributed by atoms with Gasteiger partial charge in [0.15, 0.2) is 18.2 Å². The van der Waals surface area contributed by atoms with Crippen molar-refractivity contribution in [3.05, 3.63) is 47.3 Å². The van der Waals surface area contributed by atoms with Crippen molar-refractivity contribution in [1.29, 1.82) is 0 Å². The molecule has 0 amide bonds. The lowest BCUT2D eigenvalue weighted by Crippen LogP contribution is -2.41. The molecule has 1 aromatic heterocycles. The lowest BCUT2D eigenvalue weighted by molar-refractivity contribution is -0.149. The molecule has 1 atom stereocenters. The minimum atomic E-state index is -3.72. The van der Waals surface area contributed by atoms with Crippen LogP contribution in [-0.4, -0.2) is 42.9 Å². The number of aromatic nitrogens is 1. The molecule has 0 saturated carbocycles. The lowest BCUT2D eigenvalue weighted by atomic mass is 10.1. The van der Waals surface area contributed by atoms with Crippen LogP contribution in [0.3, 0.4) is 0 Å². The van der Waals surface area contributed by atoms with Gasteiger partial charge in [0, 0.05) is 18.2 Å². The first kappa shape index (κ1) is 16.8. The standard InChI is InChI=1S/C17H17N3O5S/c1-11-9-12(25-18-11)10-24-17(21)14-6-4-8-20(14)16-13-5-2-3-7-15(13)26(22,23)19-16/h2-3,5,7,9,14H,4,6,8,10H2,1H3. The number of aryl methyl sites for hydroxylation is 1. The Morgan fingerprint density at radius 2 is 2.19 bits per heavy atom. The number of hydrogen-bond acceptors (Lipinski definition) is 7. The number of nitrogens with zero attached hydrogens (tertiary/aromatic N) is 3. The van der Waals surface area contributed by atoms with Crippen molar-refractivity contribution in [2.45, 2.75) is 37.3 Å². The molecule has 0 N–H and O–H groups in total. The minimum absolute atomic E-state index is 0.00856. The van der Waals surface area contributed by atoms with Crippen LogP contribution in [0, 0.1) is 6.92 Å². The second kappa shape index (κ2) is 6.24. The third-order valence-electron chi connectivity index (χ3n) is 4.44. The first-order chi connectivity index (χ1) is 12.5. The maximum atomic E-state index is 12.5. The third-order valence-corrected chi connectivity index (χ3v) is 5.77. The molecule has 1 unspecified atom stereocenters. The Balaban J connectivity index is 1.55. The molecule has 1 saturated heterocycles. The molecule has 2 aliphatic heterocycles. The molecule has 0 spiro atoms. The number of sulfonamides is 1. The Morgan fingerprint density at radius 3 is 2.96 bits per heavy atom. The van der Waals surface area contributed by atoms with E-state index in [1.165, 1.54) is 6.07 Å². The van der Waals surface area contributed by atoms with Crippen LogP contribution in [0.15, 0.2) is 44.1 Å². The normalized spacial score (nSPS) is 20.7. The number of rotatable bonds is 3.